The molecule has 14 nitrogen and oxygen atoms in total. The van der Waals surface area contributed by atoms with Gasteiger partial charge < -0.3 is 42.4 Å². The van der Waals surface area contributed by atoms with Crippen LogP contribution in [0.2, 0.25) is 36.3 Å². The standard InChI is InChI=1S/C33H46O7S2Si.C33H46O5SSi.CH3ClO2S/c1-32(2,3)43(7,8)40-22-23-41-31(25-39-42(6,34)35)24-38-33(26-12-10-9-11-13-26,27-14-18-29(36-4)19-15-27)28-16-20-30(37-5)21-17-28;1-32(2,3)40(6,7)38-23-24-39-31(21-22-34)25-37-33(26-11-9-8-10-12-26,27-13-17-29(35-4)18-14-27)28-15-19-30(36-5)20-16-28;1-5(2,3)4/h9-21,31H,22-25H2,1-8H3;8-20,31,34H,21-25H2,1-7H3;1H3. The lowest BCUT2D eigenvalue weighted by atomic mass is 9.80. The summed E-state index contributed by atoms with van der Waals surface area (Å²) in [6.07, 6.45) is 2.63. The lowest BCUT2D eigenvalue weighted by molar-refractivity contribution is 0.00997. The van der Waals surface area contributed by atoms with Crippen molar-refractivity contribution in [2.24, 2.45) is 0 Å². The third-order valence-electron chi connectivity index (χ3n) is 15.6. The van der Waals surface area contributed by atoms with Crippen LogP contribution in [0, 0.1) is 0 Å². The minimum absolute atomic E-state index is 0.0142. The van der Waals surface area contributed by atoms with Gasteiger partial charge in [0.15, 0.2) is 16.6 Å². The van der Waals surface area contributed by atoms with E-state index in [0.717, 1.165) is 74.6 Å². The number of aliphatic hydroxyl groups is 1. The van der Waals surface area contributed by atoms with Gasteiger partial charge in [-0.1, -0.05) is 151 Å². The third kappa shape index (κ3) is 23.4. The first-order valence-corrected chi connectivity index (χ1v) is 41.6. The summed E-state index contributed by atoms with van der Waals surface area (Å²) in [5.74, 6) is 4.57. The second-order valence-electron chi connectivity index (χ2n) is 24.0. The molecule has 0 aromatic heterocycles. The second kappa shape index (κ2) is 34.9. The van der Waals surface area contributed by atoms with Crippen molar-refractivity contribution in [2.75, 3.05) is 92.1 Å². The molecule has 6 aromatic rings. The zero-order valence-electron chi connectivity index (χ0n) is 54.3. The van der Waals surface area contributed by atoms with Crippen molar-refractivity contribution in [1.29, 1.82) is 0 Å². The highest BCUT2D eigenvalue weighted by Gasteiger charge is 2.42. The molecule has 0 radical (unpaired) electrons. The Bertz CT molecular complexity index is 3080. The maximum atomic E-state index is 12.0. The Morgan fingerprint density at radius 3 is 0.989 bits per heavy atom. The third-order valence-corrected chi connectivity index (χ3v) is 27.7. The fourth-order valence-electron chi connectivity index (χ4n) is 8.74. The SMILES string of the molecule is COc1ccc(C(OCC(CCO)SCCO[Si](C)(C)C(C)(C)C)(c2ccccc2)c2ccc(OC)cc2)cc1.COc1ccc(C(OCC(COS(C)(=O)=O)SCCO[Si](C)(C)C(C)(C)C)(c2ccccc2)c2ccc(OC)cc2)cc1.CS(=O)(=O)Cl. The maximum Gasteiger partial charge on any atom is 0.264 e. The molecule has 6 rings (SSSR count). The Hall–Kier alpha value is -4.40. The van der Waals surface area contributed by atoms with E-state index in [4.69, 9.17) is 41.5 Å². The molecule has 2 unspecified atom stereocenters. The van der Waals surface area contributed by atoms with Crippen LogP contribution < -0.4 is 18.9 Å². The summed E-state index contributed by atoms with van der Waals surface area (Å²) < 4.78 is 96.7. The van der Waals surface area contributed by atoms with Gasteiger partial charge in [-0.15, -0.1) is 0 Å². The van der Waals surface area contributed by atoms with Crippen LogP contribution in [0.4, 0.5) is 0 Å². The number of aliphatic hydroxyl groups excluding tert-OH is 1. The maximum absolute atomic E-state index is 12.0. The molecule has 0 fully saturated rings. The number of ether oxygens (including phenoxy) is 6. The van der Waals surface area contributed by atoms with Gasteiger partial charge in [-0.3, -0.25) is 4.18 Å². The number of methoxy groups -OCH3 is 4. The molecule has 0 aliphatic heterocycles. The quantitative estimate of drug-likeness (QED) is 0.0143. The number of halogens is 1. The molecule has 486 valence electrons. The Morgan fingerprint density at radius 2 is 0.727 bits per heavy atom. The average Bonchev–Trinajstić information content (AvgIpc) is 1.81. The van der Waals surface area contributed by atoms with E-state index < -0.39 is 47.0 Å². The van der Waals surface area contributed by atoms with Crippen molar-refractivity contribution in [1.82, 2.24) is 0 Å². The molecule has 0 saturated heterocycles. The molecule has 88 heavy (non-hydrogen) atoms. The zero-order valence-corrected chi connectivity index (χ0v) is 60.3. The van der Waals surface area contributed by atoms with Gasteiger partial charge in [0.1, 0.15) is 34.2 Å². The number of rotatable bonds is 31. The number of hydrogen-bond donors (Lipinski definition) is 1. The lowest BCUT2D eigenvalue weighted by Gasteiger charge is -2.37. The highest BCUT2D eigenvalue weighted by Crippen LogP contribution is 2.45. The summed E-state index contributed by atoms with van der Waals surface area (Å²) in [5, 5.41) is 10.0. The van der Waals surface area contributed by atoms with Crippen molar-refractivity contribution >= 4 is 70.0 Å². The molecule has 0 aliphatic carbocycles. The normalized spacial score (nSPS) is 13.2. The molecule has 2 atom stereocenters. The summed E-state index contributed by atoms with van der Waals surface area (Å²) in [5.41, 5.74) is 3.88. The van der Waals surface area contributed by atoms with Crippen LogP contribution in [0.1, 0.15) is 81.3 Å². The predicted octanol–water partition coefficient (Wildman–Crippen LogP) is 14.8. The lowest BCUT2D eigenvalue weighted by Crippen LogP contribution is -2.41. The monoisotopic (exact) mass is 1340 g/mol. The van der Waals surface area contributed by atoms with E-state index in [-0.39, 0.29) is 40.4 Å². The molecule has 0 spiro atoms. The Kier molecular flexibility index (Phi) is 30.1. The first-order chi connectivity index (χ1) is 41.3. The molecule has 21 heteroatoms. The van der Waals surface area contributed by atoms with E-state index in [1.165, 1.54) is 0 Å². The van der Waals surface area contributed by atoms with Gasteiger partial charge in [0.2, 0.25) is 9.05 Å². The fourth-order valence-corrected chi connectivity index (χ4v) is 13.4. The molecular weight excluding hydrogens is 1250 g/mol. The Morgan fingerprint density at radius 1 is 0.455 bits per heavy atom. The molecule has 6 aromatic carbocycles. The minimum Gasteiger partial charge on any atom is -0.497 e. The van der Waals surface area contributed by atoms with Crippen LogP contribution >= 0.6 is 34.2 Å². The first kappa shape index (κ1) is 76.1. The van der Waals surface area contributed by atoms with Crippen molar-refractivity contribution in [3.05, 3.63) is 191 Å². The van der Waals surface area contributed by atoms with Crippen molar-refractivity contribution in [3.8, 4) is 23.0 Å². The molecule has 0 heterocycles. The van der Waals surface area contributed by atoms with Gasteiger partial charge in [0.25, 0.3) is 10.1 Å². The molecule has 1 N–H and O–H groups in total. The Balaban J connectivity index is 0.000000350. The van der Waals surface area contributed by atoms with E-state index in [1.807, 2.05) is 133 Å². The number of thioether (sulfide) groups is 2. The van der Waals surface area contributed by atoms with Gasteiger partial charge in [-0.05, 0) is 125 Å². The topological polar surface area (TPSA) is 172 Å². The van der Waals surface area contributed by atoms with Crippen molar-refractivity contribution in [2.45, 2.75) is 106 Å². The van der Waals surface area contributed by atoms with E-state index in [9.17, 15) is 21.9 Å². The molecule has 0 bridgehead atoms. The van der Waals surface area contributed by atoms with Gasteiger partial charge >= 0.3 is 0 Å². The second-order valence-corrected chi connectivity index (χ2v) is 41.1. The van der Waals surface area contributed by atoms with Crippen molar-refractivity contribution in [3.63, 3.8) is 0 Å². The molecule has 0 aliphatic rings. The van der Waals surface area contributed by atoms with Gasteiger partial charge in [0, 0.05) is 47.3 Å². The number of benzene rings is 6. The van der Waals surface area contributed by atoms with E-state index in [1.54, 1.807) is 40.2 Å². The number of hydrogen-bond acceptors (Lipinski definition) is 16. The van der Waals surface area contributed by atoms with Crippen molar-refractivity contribution < 1.29 is 63.4 Å². The smallest absolute Gasteiger partial charge is 0.264 e. The van der Waals surface area contributed by atoms with Gasteiger partial charge in [-0.25, -0.2) is 8.42 Å². The molecular formula is C67H95ClO14S4Si2. The largest absolute Gasteiger partial charge is 0.497 e. The van der Waals surface area contributed by atoms with Crippen LogP contribution in [0.5, 0.6) is 23.0 Å². The summed E-state index contributed by atoms with van der Waals surface area (Å²) in [6, 6.07) is 52.1. The average molecular weight is 1340 g/mol. The Labute approximate surface area is 541 Å². The summed E-state index contributed by atoms with van der Waals surface area (Å²) >= 11 is 3.40. The van der Waals surface area contributed by atoms with Gasteiger partial charge in [-0.2, -0.15) is 31.9 Å². The summed E-state index contributed by atoms with van der Waals surface area (Å²) in [7, 11) is 0.565. The zero-order chi connectivity index (χ0) is 65.5. The fraction of sp³-hybridized carbons (Fsp3) is 0.463. The predicted molar refractivity (Wildman–Crippen MR) is 369 cm³/mol. The first-order valence-electron chi connectivity index (χ1n) is 29.1. The van der Waals surface area contributed by atoms with Crippen LogP contribution in [0.15, 0.2) is 158 Å². The van der Waals surface area contributed by atoms with E-state index in [2.05, 4.69) is 115 Å². The van der Waals surface area contributed by atoms with E-state index >= 15 is 0 Å². The van der Waals surface area contributed by atoms with Crippen LogP contribution in [-0.2, 0) is 52.9 Å². The van der Waals surface area contributed by atoms with Crippen LogP contribution in [0.25, 0.3) is 0 Å². The summed E-state index contributed by atoms with van der Waals surface area (Å²) in [4.78, 5) is 0. The summed E-state index contributed by atoms with van der Waals surface area (Å²) in [6.45, 7) is 24.5. The highest BCUT2D eigenvalue weighted by atomic mass is 35.7. The minimum atomic E-state index is -3.64. The van der Waals surface area contributed by atoms with Crippen LogP contribution in [-0.4, -0.2) is 141 Å². The molecule has 0 amide bonds. The van der Waals surface area contributed by atoms with Crippen LogP contribution in [0.3, 0.4) is 0 Å². The highest BCUT2D eigenvalue weighted by molar-refractivity contribution is 8.13. The van der Waals surface area contributed by atoms with E-state index in [0.29, 0.717) is 32.0 Å². The van der Waals surface area contributed by atoms with Gasteiger partial charge in [0.05, 0.1) is 66.0 Å². The molecule has 0 saturated carbocycles.